The molecule has 1 aromatic heterocycles. The zero-order chi connectivity index (χ0) is 21.3. The van der Waals surface area contributed by atoms with E-state index in [0.29, 0.717) is 11.4 Å². The van der Waals surface area contributed by atoms with Gasteiger partial charge in [0.2, 0.25) is 0 Å². The Bertz CT molecular complexity index is 1150. The fourth-order valence-electron chi connectivity index (χ4n) is 3.83. The molecule has 1 saturated heterocycles. The maximum atomic E-state index is 12.7. The number of para-hydroxylation sites is 1. The summed E-state index contributed by atoms with van der Waals surface area (Å²) in [4.78, 5) is 26.8. The van der Waals surface area contributed by atoms with Crippen molar-refractivity contribution in [3.63, 3.8) is 0 Å². The molecule has 2 heterocycles. The maximum absolute atomic E-state index is 12.7. The first-order chi connectivity index (χ1) is 14.5. The van der Waals surface area contributed by atoms with Gasteiger partial charge >= 0.3 is 0 Å². The van der Waals surface area contributed by atoms with Crippen LogP contribution in [0.25, 0.3) is 17.0 Å². The number of hydrogen-bond acceptors (Lipinski definition) is 3. The Morgan fingerprint density at radius 2 is 1.83 bits per heavy atom. The molecule has 2 amide bonds. The number of aryl methyl sites for hydroxylation is 1. The van der Waals surface area contributed by atoms with Crippen LogP contribution in [0.1, 0.15) is 37.0 Å². The summed E-state index contributed by atoms with van der Waals surface area (Å²) in [7, 11) is 0. The van der Waals surface area contributed by atoms with Crippen molar-refractivity contribution in [1.82, 2.24) is 9.47 Å². The van der Waals surface area contributed by atoms with Crippen molar-refractivity contribution in [3.05, 3.63) is 74.7 Å². The lowest BCUT2D eigenvalue weighted by Crippen LogP contribution is -2.28. The molecule has 1 aliphatic rings. The number of nitrogens with zero attached hydrogens (tertiary/aromatic N) is 2. The largest absolute Gasteiger partial charge is 0.342 e. The Kier molecular flexibility index (Phi) is 6.16. The predicted octanol–water partition coefficient (Wildman–Crippen LogP) is 6.46. The first-order valence-corrected chi connectivity index (χ1v) is 11.7. The standard InChI is InChI=1S/C24H23BrN2O2S/c1-3-12-27-23(28)21(30-24(27)29)13-18-15-26(14-16-8-10-19(25)11-9-16)22-17(4-2)6-5-7-20(18)22/h5-11,13,15H,3-4,12,14H2,1-2H3/b21-13-. The number of imide groups is 1. The van der Waals surface area contributed by atoms with Gasteiger partial charge in [0.25, 0.3) is 11.1 Å². The van der Waals surface area contributed by atoms with Gasteiger partial charge in [0, 0.05) is 34.7 Å². The molecule has 3 aromatic rings. The Morgan fingerprint density at radius 1 is 1.07 bits per heavy atom. The number of benzene rings is 2. The minimum Gasteiger partial charge on any atom is -0.342 e. The molecule has 0 saturated carbocycles. The lowest BCUT2D eigenvalue weighted by Gasteiger charge is -2.09. The molecule has 0 unspecified atom stereocenters. The Labute approximate surface area is 189 Å². The van der Waals surface area contributed by atoms with E-state index in [1.165, 1.54) is 21.5 Å². The van der Waals surface area contributed by atoms with Crippen LogP contribution < -0.4 is 0 Å². The number of amides is 2. The third-order valence-corrected chi connectivity index (χ3v) is 6.70. The van der Waals surface area contributed by atoms with Crippen LogP contribution in [0.4, 0.5) is 4.79 Å². The van der Waals surface area contributed by atoms with E-state index in [-0.39, 0.29) is 11.1 Å². The van der Waals surface area contributed by atoms with E-state index >= 15 is 0 Å². The molecular weight excluding hydrogens is 460 g/mol. The van der Waals surface area contributed by atoms with Crippen molar-refractivity contribution in [3.8, 4) is 0 Å². The normalized spacial score (nSPS) is 15.7. The molecule has 4 nitrogen and oxygen atoms in total. The van der Waals surface area contributed by atoms with Gasteiger partial charge in [-0.2, -0.15) is 0 Å². The van der Waals surface area contributed by atoms with Gasteiger partial charge in [0.05, 0.1) is 10.4 Å². The second-order valence-corrected chi connectivity index (χ2v) is 9.25. The van der Waals surface area contributed by atoms with Crippen LogP contribution in [0, 0.1) is 0 Å². The molecule has 6 heteroatoms. The van der Waals surface area contributed by atoms with Crippen LogP contribution in [-0.2, 0) is 17.8 Å². The summed E-state index contributed by atoms with van der Waals surface area (Å²) in [5.41, 5.74) is 4.63. The average Bonchev–Trinajstić information content (AvgIpc) is 3.22. The van der Waals surface area contributed by atoms with Crippen molar-refractivity contribution in [2.75, 3.05) is 6.54 Å². The number of rotatable bonds is 6. The monoisotopic (exact) mass is 482 g/mol. The molecule has 0 radical (unpaired) electrons. The molecule has 0 spiro atoms. The number of hydrogen-bond donors (Lipinski definition) is 0. The van der Waals surface area contributed by atoms with E-state index < -0.39 is 0 Å². The lowest BCUT2D eigenvalue weighted by molar-refractivity contribution is -0.122. The first-order valence-electron chi connectivity index (χ1n) is 10.1. The summed E-state index contributed by atoms with van der Waals surface area (Å²) >= 11 is 4.53. The Hall–Kier alpha value is -2.31. The highest BCUT2D eigenvalue weighted by molar-refractivity contribution is 9.10. The van der Waals surface area contributed by atoms with Crippen molar-refractivity contribution in [2.24, 2.45) is 0 Å². The number of thioether (sulfide) groups is 1. The number of aromatic nitrogens is 1. The summed E-state index contributed by atoms with van der Waals surface area (Å²) < 4.78 is 3.31. The molecule has 0 atom stereocenters. The van der Waals surface area contributed by atoms with Crippen molar-refractivity contribution in [1.29, 1.82) is 0 Å². The smallest absolute Gasteiger partial charge is 0.293 e. The SMILES string of the molecule is CCCN1C(=O)S/C(=C\c2cn(Cc3ccc(Br)cc3)c3c(CC)cccc23)C1=O. The zero-order valence-electron chi connectivity index (χ0n) is 17.0. The van der Waals surface area contributed by atoms with Gasteiger partial charge < -0.3 is 4.57 Å². The molecule has 1 fully saturated rings. The van der Waals surface area contributed by atoms with E-state index in [0.717, 1.165) is 46.6 Å². The molecule has 2 aromatic carbocycles. The van der Waals surface area contributed by atoms with Gasteiger partial charge in [0.15, 0.2) is 0 Å². The summed E-state index contributed by atoms with van der Waals surface area (Å²) in [6, 6.07) is 14.6. The summed E-state index contributed by atoms with van der Waals surface area (Å²) in [5.74, 6) is -0.188. The molecule has 0 bridgehead atoms. The van der Waals surface area contributed by atoms with Crippen molar-refractivity contribution < 1.29 is 9.59 Å². The quantitative estimate of drug-likeness (QED) is 0.378. The lowest BCUT2D eigenvalue weighted by atomic mass is 10.1. The van der Waals surface area contributed by atoms with Crippen LogP contribution in [0.5, 0.6) is 0 Å². The number of carbonyl (C=O) groups excluding carboxylic acids is 2. The van der Waals surface area contributed by atoms with Gasteiger partial charge in [-0.1, -0.05) is 60.1 Å². The number of fused-ring (bicyclic) bond motifs is 1. The topological polar surface area (TPSA) is 42.3 Å². The van der Waals surface area contributed by atoms with Crippen molar-refractivity contribution >= 4 is 55.8 Å². The second-order valence-electron chi connectivity index (χ2n) is 7.34. The highest BCUT2D eigenvalue weighted by Crippen LogP contribution is 2.35. The second kappa shape index (κ2) is 8.82. The zero-order valence-corrected chi connectivity index (χ0v) is 19.4. The van der Waals surface area contributed by atoms with Gasteiger partial charge in [-0.3, -0.25) is 14.5 Å². The van der Waals surface area contributed by atoms with Crippen LogP contribution in [0.2, 0.25) is 0 Å². The van der Waals surface area contributed by atoms with E-state index in [4.69, 9.17) is 0 Å². The fourth-order valence-corrected chi connectivity index (χ4v) is 4.95. The van der Waals surface area contributed by atoms with E-state index in [1.807, 2.05) is 25.1 Å². The molecule has 1 aliphatic heterocycles. The molecule has 0 aliphatic carbocycles. The van der Waals surface area contributed by atoms with Gasteiger partial charge in [0.1, 0.15) is 0 Å². The van der Waals surface area contributed by atoms with E-state index in [1.54, 1.807) is 0 Å². The minimum atomic E-state index is -0.188. The number of halogens is 1. The summed E-state index contributed by atoms with van der Waals surface area (Å²) in [5, 5.41) is 0.926. The highest BCUT2D eigenvalue weighted by Gasteiger charge is 2.34. The van der Waals surface area contributed by atoms with E-state index in [2.05, 4.69) is 63.9 Å². The maximum Gasteiger partial charge on any atom is 0.293 e. The third kappa shape index (κ3) is 3.98. The molecular formula is C24H23BrN2O2S. The molecule has 30 heavy (non-hydrogen) atoms. The average molecular weight is 483 g/mol. The predicted molar refractivity (Wildman–Crippen MR) is 128 cm³/mol. The highest BCUT2D eigenvalue weighted by atomic mass is 79.9. The van der Waals surface area contributed by atoms with Crippen LogP contribution in [0.3, 0.4) is 0 Å². The molecule has 4 rings (SSSR count). The van der Waals surface area contributed by atoms with Gasteiger partial charge in [-0.15, -0.1) is 0 Å². The van der Waals surface area contributed by atoms with Crippen LogP contribution in [0.15, 0.2) is 58.0 Å². The third-order valence-electron chi connectivity index (χ3n) is 5.27. The summed E-state index contributed by atoms with van der Waals surface area (Å²) in [6.45, 7) is 5.33. The van der Waals surface area contributed by atoms with Gasteiger partial charge in [-0.25, -0.2) is 0 Å². The van der Waals surface area contributed by atoms with E-state index in [9.17, 15) is 9.59 Å². The van der Waals surface area contributed by atoms with Crippen molar-refractivity contribution in [2.45, 2.75) is 33.2 Å². The minimum absolute atomic E-state index is 0.180. The van der Waals surface area contributed by atoms with Crippen LogP contribution in [-0.4, -0.2) is 27.2 Å². The Morgan fingerprint density at radius 3 is 2.53 bits per heavy atom. The van der Waals surface area contributed by atoms with Gasteiger partial charge in [-0.05, 0) is 53.9 Å². The molecule has 0 N–H and O–H groups in total. The molecule has 154 valence electrons. The first kappa shape index (κ1) is 20.9. The fraction of sp³-hybridized carbons (Fsp3) is 0.250. The number of carbonyl (C=O) groups is 2. The summed E-state index contributed by atoms with van der Waals surface area (Å²) in [6.07, 6.45) is 5.66. The van der Waals surface area contributed by atoms with Crippen LogP contribution >= 0.6 is 27.7 Å². The Balaban J connectivity index is 1.78.